The smallest absolute Gasteiger partial charge is 0.225 e. The molecule has 8 heteroatoms. The first-order chi connectivity index (χ1) is 18.2. The molecule has 8 nitrogen and oxygen atoms in total. The largest absolute Gasteiger partial charge is 0.490 e. The van der Waals surface area contributed by atoms with Gasteiger partial charge in [-0.1, -0.05) is 18.6 Å². The topological polar surface area (TPSA) is 71.0 Å². The van der Waals surface area contributed by atoms with Crippen molar-refractivity contribution in [3.63, 3.8) is 0 Å². The highest BCUT2D eigenvalue weighted by Gasteiger charge is 2.32. The van der Waals surface area contributed by atoms with E-state index in [1.165, 1.54) is 6.42 Å². The van der Waals surface area contributed by atoms with E-state index in [1.807, 2.05) is 23.1 Å². The normalized spacial score (nSPS) is 19.5. The molecule has 0 bridgehead atoms. The summed E-state index contributed by atoms with van der Waals surface area (Å²) in [6.07, 6.45) is 6.86. The Morgan fingerprint density at radius 2 is 1.78 bits per heavy atom. The third kappa shape index (κ3) is 5.00. The molecule has 3 aliphatic rings. The van der Waals surface area contributed by atoms with Crippen molar-refractivity contribution >= 4 is 28.3 Å². The molecule has 6 rings (SSSR count). The highest BCUT2D eigenvalue weighted by atomic mass is 16.5. The zero-order chi connectivity index (χ0) is 25.2. The lowest BCUT2D eigenvalue weighted by Crippen LogP contribution is -2.47. The van der Waals surface area contributed by atoms with E-state index in [1.54, 1.807) is 6.33 Å². The van der Waals surface area contributed by atoms with Crippen molar-refractivity contribution in [3.05, 3.63) is 54.4 Å². The Morgan fingerprint density at radius 1 is 1.00 bits per heavy atom. The lowest BCUT2D eigenvalue weighted by molar-refractivity contribution is -0.140. The highest BCUT2D eigenvalue weighted by molar-refractivity contribution is 5.91. The summed E-state index contributed by atoms with van der Waals surface area (Å²) in [4.78, 5) is 23.8. The molecule has 3 fully saturated rings. The number of likely N-dealkylation sites (tertiary alicyclic amines) is 1. The second kappa shape index (κ2) is 10.6. The van der Waals surface area contributed by atoms with Crippen molar-refractivity contribution < 1.29 is 14.3 Å². The molecule has 2 saturated heterocycles. The molecule has 2 aliphatic heterocycles. The number of hydrazine groups is 1. The van der Waals surface area contributed by atoms with Crippen molar-refractivity contribution in [2.24, 2.45) is 5.92 Å². The van der Waals surface area contributed by atoms with Crippen molar-refractivity contribution in [2.75, 3.05) is 44.4 Å². The van der Waals surface area contributed by atoms with Gasteiger partial charge >= 0.3 is 0 Å². The van der Waals surface area contributed by atoms with Crippen LogP contribution in [0.15, 0.2) is 48.8 Å². The van der Waals surface area contributed by atoms with E-state index in [-0.39, 0.29) is 12.0 Å². The van der Waals surface area contributed by atoms with Gasteiger partial charge in [0.1, 0.15) is 18.2 Å². The molecule has 0 radical (unpaired) electrons. The minimum absolute atomic E-state index is 0.135. The van der Waals surface area contributed by atoms with Gasteiger partial charge < -0.3 is 14.4 Å². The van der Waals surface area contributed by atoms with Gasteiger partial charge in [0.2, 0.25) is 5.91 Å². The number of rotatable bonds is 6. The molecule has 0 N–H and O–H groups in total. The van der Waals surface area contributed by atoms with Crippen LogP contribution in [0.5, 0.6) is 5.75 Å². The number of aromatic nitrogens is 2. The van der Waals surface area contributed by atoms with E-state index in [4.69, 9.17) is 14.5 Å². The number of hydrogen-bond donors (Lipinski definition) is 0. The molecule has 1 aliphatic carbocycles. The van der Waals surface area contributed by atoms with E-state index in [0.29, 0.717) is 19.1 Å². The summed E-state index contributed by atoms with van der Waals surface area (Å²) in [5.41, 5.74) is 3.04. The summed E-state index contributed by atoms with van der Waals surface area (Å²) in [5.74, 6) is 2.39. The summed E-state index contributed by atoms with van der Waals surface area (Å²) >= 11 is 0. The first-order valence-electron chi connectivity index (χ1n) is 13.6. The molecule has 194 valence electrons. The molecule has 2 aromatic carbocycles. The number of amides is 1. The summed E-state index contributed by atoms with van der Waals surface area (Å²) in [6.45, 7) is 6.62. The van der Waals surface area contributed by atoms with Crippen LogP contribution in [0.25, 0.3) is 10.9 Å². The van der Waals surface area contributed by atoms with Crippen molar-refractivity contribution in [1.29, 1.82) is 0 Å². The minimum Gasteiger partial charge on any atom is -0.490 e. The highest BCUT2D eigenvalue weighted by Crippen LogP contribution is 2.35. The number of morpholine rings is 1. The number of hydrogen-bond acceptors (Lipinski definition) is 7. The first-order valence-corrected chi connectivity index (χ1v) is 13.6. The SMILES string of the molecule is Cc1cc(N(c2ncnc3ccccc23)N2CCOCC2)ccc1OC1CCN(C(=O)C2CCC2)CC1. The monoisotopic (exact) mass is 501 g/mol. The van der Waals surface area contributed by atoms with Crippen LogP contribution in [0.3, 0.4) is 0 Å². The lowest BCUT2D eigenvalue weighted by atomic mass is 9.84. The minimum atomic E-state index is 0.135. The number of benzene rings is 2. The Balaban J connectivity index is 1.21. The van der Waals surface area contributed by atoms with Crippen molar-refractivity contribution in [3.8, 4) is 5.75 Å². The van der Waals surface area contributed by atoms with Crippen LogP contribution in [0, 0.1) is 12.8 Å². The van der Waals surface area contributed by atoms with Crippen molar-refractivity contribution in [1.82, 2.24) is 19.9 Å². The molecule has 0 spiro atoms. The van der Waals surface area contributed by atoms with Crippen LogP contribution in [0.1, 0.15) is 37.7 Å². The number of aryl methyl sites for hydroxylation is 1. The Kier molecular flexibility index (Phi) is 6.93. The van der Waals surface area contributed by atoms with E-state index < -0.39 is 0 Å². The molecular weight excluding hydrogens is 466 g/mol. The van der Waals surface area contributed by atoms with Gasteiger partial charge in [0, 0.05) is 50.3 Å². The van der Waals surface area contributed by atoms with Crippen LogP contribution in [0.4, 0.5) is 11.5 Å². The molecule has 1 saturated carbocycles. The molecule has 3 aromatic rings. The number of anilines is 2. The molecule has 1 amide bonds. The average Bonchev–Trinajstić information content (AvgIpc) is 2.90. The van der Waals surface area contributed by atoms with Crippen LogP contribution in [-0.4, -0.2) is 71.3 Å². The second-order valence-electron chi connectivity index (χ2n) is 10.3. The summed E-state index contributed by atoms with van der Waals surface area (Å²) < 4.78 is 12.1. The fraction of sp³-hybridized carbons (Fsp3) is 0.483. The standard InChI is InChI=1S/C29H35N5O3/c1-21-19-23(9-10-27(21)37-24-11-13-32(14-12-24)29(35)22-5-4-6-22)34(33-15-17-36-18-16-33)28-25-7-2-3-8-26(25)30-20-31-28/h2-3,7-10,19-20,22,24H,4-6,11-18H2,1H3. The van der Waals surface area contributed by atoms with Gasteiger partial charge in [0.15, 0.2) is 5.82 Å². The predicted molar refractivity (Wildman–Crippen MR) is 143 cm³/mol. The maximum Gasteiger partial charge on any atom is 0.225 e. The first kappa shape index (κ1) is 24.1. The summed E-state index contributed by atoms with van der Waals surface area (Å²) in [6, 6.07) is 14.5. The Hall–Kier alpha value is -3.23. The number of fused-ring (bicyclic) bond motifs is 1. The quantitative estimate of drug-likeness (QED) is 0.493. The van der Waals surface area contributed by atoms with E-state index in [2.05, 4.69) is 46.2 Å². The van der Waals surface area contributed by atoms with Gasteiger partial charge in [0.25, 0.3) is 0 Å². The number of ether oxygens (including phenoxy) is 2. The second-order valence-corrected chi connectivity index (χ2v) is 10.3. The van der Waals surface area contributed by atoms with E-state index in [0.717, 1.165) is 85.6 Å². The van der Waals surface area contributed by atoms with Crippen LogP contribution >= 0.6 is 0 Å². The number of carbonyl (C=O) groups excluding carboxylic acids is 1. The molecule has 0 unspecified atom stereocenters. The number of para-hydroxylation sites is 1. The zero-order valence-corrected chi connectivity index (χ0v) is 21.5. The maximum atomic E-state index is 12.6. The number of piperidine rings is 1. The average molecular weight is 502 g/mol. The van der Waals surface area contributed by atoms with Crippen LogP contribution in [0.2, 0.25) is 0 Å². The zero-order valence-electron chi connectivity index (χ0n) is 21.5. The van der Waals surface area contributed by atoms with Gasteiger partial charge in [-0.05, 0) is 55.7 Å². The fourth-order valence-electron chi connectivity index (χ4n) is 5.52. The third-order valence-corrected chi connectivity index (χ3v) is 7.90. The van der Waals surface area contributed by atoms with Gasteiger partial charge in [0.05, 0.1) is 24.4 Å². The van der Waals surface area contributed by atoms with Gasteiger partial charge in [-0.25, -0.2) is 15.0 Å². The van der Waals surface area contributed by atoms with Crippen LogP contribution in [-0.2, 0) is 9.53 Å². The maximum absolute atomic E-state index is 12.6. The van der Waals surface area contributed by atoms with Crippen molar-refractivity contribution in [2.45, 2.75) is 45.1 Å². The molecule has 37 heavy (non-hydrogen) atoms. The molecular formula is C29H35N5O3. The van der Waals surface area contributed by atoms with E-state index >= 15 is 0 Å². The lowest BCUT2D eigenvalue weighted by Gasteiger charge is -2.38. The van der Waals surface area contributed by atoms with Crippen LogP contribution < -0.4 is 9.75 Å². The third-order valence-electron chi connectivity index (χ3n) is 7.90. The molecule has 0 atom stereocenters. The Labute approximate surface area is 218 Å². The van der Waals surface area contributed by atoms with Gasteiger partial charge in [-0.3, -0.25) is 9.80 Å². The number of carbonyl (C=O) groups is 1. The van der Waals surface area contributed by atoms with E-state index in [9.17, 15) is 4.79 Å². The number of nitrogens with zero attached hydrogens (tertiary/aromatic N) is 5. The summed E-state index contributed by atoms with van der Waals surface area (Å²) in [5, 5.41) is 5.51. The molecule has 1 aromatic heterocycles. The van der Waals surface area contributed by atoms with Gasteiger partial charge in [-0.2, -0.15) is 0 Å². The van der Waals surface area contributed by atoms with Gasteiger partial charge in [-0.15, -0.1) is 0 Å². The fourth-order valence-corrected chi connectivity index (χ4v) is 5.52. The summed E-state index contributed by atoms with van der Waals surface area (Å²) in [7, 11) is 0. The predicted octanol–water partition coefficient (Wildman–Crippen LogP) is 4.49. The Morgan fingerprint density at radius 3 is 2.51 bits per heavy atom. The Bertz CT molecular complexity index is 1240. The molecule has 3 heterocycles.